The van der Waals surface area contributed by atoms with Crippen LogP contribution in [0.5, 0.6) is 11.5 Å². The smallest absolute Gasteiger partial charge is 0.410 e. The zero-order valence-electron chi connectivity index (χ0n) is 23.0. The van der Waals surface area contributed by atoms with Crippen molar-refractivity contribution in [3.63, 3.8) is 0 Å². The fourth-order valence-electron chi connectivity index (χ4n) is 5.63. The first-order chi connectivity index (χ1) is 17.0. The molecule has 1 aromatic rings. The second-order valence-corrected chi connectivity index (χ2v) is 11.8. The first-order valence-electron chi connectivity index (χ1n) is 13.3. The number of carbonyl (C=O) groups excluding carboxylic acids is 1. The molecule has 2 fully saturated rings. The molecule has 0 bridgehead atoms. The van der Waals surface area contributed by atoms with E-state index in [9.17, 15) is 4.79 Å². The molecule has 36 heavy (non-hydrogen) atoms. The predicted octanol–water partition coefficient (Wildman–Crippen LogP) is 6.07. The molecule has 2 saturated heterocycles. The highest BCUT2D eigenvalue weighted by atomic mass is 16.6. The Morgan fingerprint density at radius 3 is 2.75 bits per heavy atom. The Morgan fingerprint density at radius 1 is 1.28 bits per heavy atom. The second kappa shape index (κ2) is 10.3. The summed E-state index contributed by atoms with van der Waals surface area (Å²) < 4.78 is 31.4. The molecule has 3 aliphatic heterocycles. The number of ether oxygens (including phenoxy) is 5. The quantitative estimate of drug-likeness (QED) is 0.457. The third kappa shape index (κ3) is 5.67. The fourth-order valence-corrected chi connectivity index (χ4v) is 5.63. The molecule has 1 spiro atoms. The number of allylic oxidation sites excluding steroid dienone is 2. The molecule has 4 atom stereocenters. The number of morpholine rings is 1. The van der Waals surface area contributed by atoms with Crippen LogP contribution < -0.4 is 9.47 Å². The molecule has 7 heteroatoms. The first kappa shape index (κ1) is 26.8. The average Bonchev–Trinajstić information content (AvgIpc) is 2.79. The number of rotatable bonds is 5. The van der Waals surface area contributed by atoms with Crippen molar-refractivity contribution in [3.05, 3.63) is 35.4 Å². The third-order valence-corrected chi connectivity index (χ3v) is 7.31. The van der Waals surface area contributed by atoms with E-state index >= 15 is 0 Å². The largest absolute Gasteiger partial charge is 0.490 e. The normalized spacial score (nSPS) is 29.6. The molecule has 1 amide bonds. The van der Waals surface area contributed by atoms with Gasteiger partial charge < -0.3 is 28.6 Å². The van der Waals surface area contributed by atoms with Gasteiger partial charge in [0.15, 0.2) is 11.5 Å². The van der Waals surface area contributed by atoms with Crippen LogP contribution >= 0.6 is 0 Å². The summed E-state index contributed by atoms with van der Waals surface area (Å²) in [4.78, 5) is 14.6. The van der Waals surface area contributed by atoms with Gasteiger partial charge in [-0.15, -0.1) is 0 Å². The van der Waals surface area contributed by atoms with Crippen molar-refractivity contribution in [2.24, 2.45) is 5.92 Å². The van der Waals surface area contributed by atoms with Crippen LogP contribution in [0.25, 0.3) is 0 Å². The van der Waals surface area contributed by atoms with Crippen LogP contribution in [0.3, 0.4) is 0 Å². The summed E-state index contributed by atoms with van der Waals surface area (Å²) in [5.74, 6) is 1.60. The lowest BCUT2D eigenvalue weighted by molar-refractivity contribution is -0.231. The lowest BCUT2D eigenvalue weighted by Gasteiger charge is -2.55. The van der Waals surface area contributed by atoms with E-state index in [-0.39, 0.29) is 18.1 Å². The SMILES string of the molecule is CCOc1cccc2c1O[C@@](C)(CCC=C(C)C)[C@H]1CC3(CO[C@H]21)CN(C(=O)OC(C)(C)C)CCO3. The van der Waals surface area contributed by atoms with E-state index in [1.807, 2.05) is 39.8 Å². The molecule has 0 radical (unpaired) electrons. The molecule has 200 valence electrons. The van der Waals surface area contributed by atoms with Gasteiger partial charge in [-0.1, -0.05) is 23.8 Å². The van der Waals surface area contributed by atoms with E-state index in [0.29, 0.717) is 32.9 Å². The predicted molar refractivity (Wildman–Crippen MR) is 139 cm³/mol. The minimum atomic E-state index is -0.591. The van der Waals surface area contributed by atoms with Crippen molar-refractivity contribution >= 4 is 6.09 Å². The lowest BCUT2D eigenvalue weighted by atomic mass is 9.69. The molecule has 0 N–H and O–H groups in total. The summed E-state index contributed by atoms with van der Waals surface area (Å²) in [5.41, 5.74) is 0.704. The number of nitrogens with zero attached hydrogens (tertiary/aromatic N) is 1. The van der Waals surface area contributed by atoms with Crippen LogP contribution in [0.4, 0.5) is 4.79 Å². The Labute approximate surface area is 216 Å². The summed E-state index contributed by atoms with van der Waals surface area (Å²) in [5, 5.41) is 0. The molecule has 4 rings (SSSR count). The van der Waals surface area contributed by atoms with Crippen molar-refractivity contribution in [1.82, 2.24) is 4.90 Å². The Morgan fingerprint density at radius 2 is 2.06 bits per heavy atom. The third-order valence-electron chi connectivity index (χ3n) is 7.31. The van der Waals surface area contributed by atoms with Gasteiger partial charge in [-0.05, 0) is 73.8 Å². The number of carbonyl (C=O) groups is 1. The van der Waals surface area contributed by atoms with Gasteiger partial charge in [0, 0.05) is 18.0 Å². The monoisotopic (exact) mass is 501 g/mol. The van der Waals surface area contributed by atoms with Gasteiger partial charge in [0.05, 0.1) is 32.5 Å². The van der Waals surface area contributed by atoms with E-state index in [1.54, 1.807) is 4.90 Å². The number of fused-ring (bicyclic) bond motifs is 3. The average molecular weight is 502 g/mol. The topological polar surface area (TPSA) is 66.5 Å². The Kier molecular flexibility index (Phi) is 7.63. The molecule has 0 aliphatic carbocycles. The summed E-state index contributed by atoms with van der Waals surface area (Å²) in [6.45, 7) is 16.5. The zero-order chi connectivity index (χ0) is 26.1. The fraction of sp³-hybridized carbons (Fsp3) is 0.690. The highest BCUT2D eigenvalue weighted by Crippen LogP contribution is 2.55. The standard InChI is InChI=1S/C29H43NO6/c1-8-32-23-13-9-12-21-24-22(28(7,35-25(21)23)14-10-11-20(2)3)17-29(19-33-24)18-30(15-16-34-29)26(31)36-27(4,5)6/h9,11-13,22,24H,8,10,14-19H2,1-7H3/t22-,24+,28-,29?/m0/s1. The number of benzene rings is 1. The molecular formula is C29H43NO6. The van der Waals surface area contributed by atoms with Gasteiger partial charge in [0.25, 0.3) is 0 Å². The van der Waals surface area contributed by atoms with Crippen LogP contribution in [-0.2, 0) is 14.2 Å². The number of hydrogen-bond acceptors (Lipinski definition) is 6. The van der Waals surface area contributed by atoms with Gasteiger partial charge in [-0.3, -0.25) is 0 Å². The maximum Gasteiger partial charge on any atom is 0.410 e. The van der Waals surface area contributed by atoms with Gasteiger partial charge in [-0.2, -0.15) is 0 Å². The first-order valence-corrected chi connectivity index (χ1v) is 13.3. The molecule has 1 aromatic carbocycles. The molecule has 0 saturated carbocycles. The summed E-state index contributed by atoms with van der Waals surface area (Å²) in [6, 6.07) is 6.05. The highest BCUT2D eigenvalue weighted by molar-refractivity contribution is 5.68. The van der Waals surface area contributed by atoms with Crippen LogP contribution in [0.15, 0.2) is 29.8 Å². The van der Waals surface area contributed by atoms with Crippen LogP contribution in [-0.4, -0.2) is 60.7 Å². The number of hydrogen-bond donors (Lipinski definition) is 0. The summed E-state index contributed by atoms with van der Waals surface area (Å²) in [7, 11) is 0. The van der Waals surface area contributed by atoms with Gasteiger partial charge in [0.1, 0.15) is 16.8 Å². The maximum atomic E-state index is 12.9. The second-order valence-electron chi connectivity index (χ2n) is 11.8. The summed E-state index contributed by atoms with van der Waals surface area (Å²) in [6.07, 6.45) is 4.32. The Balaban J connectivity index is 1.63. The number of amides is 1. The molecule has 3 aliphatic rings. The Bertz CT molecular complexity index is 980. The van der Waals surface area contributed by atoms with Crippen molar-refractivity contribution in [2.45, 2.75) is 90.6 Å². The van der Waals surface area contributed by atoms with Gasteiger partial charge in [-0.25, -0.2) is 4.79 Å². The van der Waals surface area contributed by atoms with Crippen LogP contribution in [0.1, 0.15) is 79.4 Å². The van der Waals surface area contributed by atoms with Crippen LogP contribution in [0.2, 0.25) is 0 Å². The van der Waals surface area contributed by atoms with Crippen molar-refractivity contribution < 1.29 is 28.5 Å². The van der Waals surface area contributed by atoms with E-state index in [0.717, 1.165) is 36.3 Å². The van der Waals surface area contributed by atoms with E-state index in [4.69, 9.17) is 23.7 Å². The minimum Gasteiger partial charge on any atom is -0.490 e. The molecular weight excluding hydrogens is 458 g/mol. The Hall–Kier alpha value is -2.25. The molecule has 1 unspecified atom stereocenters. The van der Waals surface area contributed by atoms with E-state index in [2.05, 4.69) is 32.9 Å². The number of para-hydroxylation sites is 1. The van der Waals surface area contributed by atoms with Gasteiger partial charge in [0.2, 0.25) is 0 Å². The van der Waals surface area contributed by atoms with Gasteiger partial charge >= 0.3 is 6.09 Å². The molecule has 3 heterocycles. The molecule has 7 nitrogen and oxygen atoms in total. The lowest BCUT2D eigenvalue weighted by Crippen LogP contribution is -2.63. The van der Waals surface area contributed by atoms with Crippen LogP contribution in [0, 0.1) is 5.92 Å². The zero-order valence-corrected chi connectivity index (χ0v) is 23.0. The van der Waals surface area contributed by atoms with Crippen molar-refractivity contribution in [1.29, 1.82) is 0 Å². The molecule has 0 aromatic heterocycles. The van der Waals surface area contributed by atoms with Crippen molar-refractivity contribution in [2.75, 3.05) is 32.9 Å². The van der Waals surface area contributed by atoms with E-state index < -0.39 is 16.8 Å². The van der Waals surface area contributed by atoms with E-state index in [1.165, 1.54) is 5.57 Å². The van der Waals surface area contributed by atoms with Crippen molar-refractivity contribution in [3.8, 4) is 11.5 Å². The maximum absolute atomic E-state index is 12.9. The minimum absolute atomic E-state index is 0.0553. The highest BCUT2D eigenvalue weighted by Gasteiger charge is 2.56. The summed E-state index contributed by atoms with van der Waals surface area (Å²) >= 11 is 0.